The van der Waals surface area contributed by atoms with Crippen molar-refractivity contribution in [2.45, 2.75) is 25.5 Å². The van der Waals surface area contributed by atoms with Gasteiger partial charge in [-0.15, -0.1) is 0 Å². The molecule has 1 aromatic heterocycles. The number of benzene rings is 2. The topological polar surface area (TPSA) is 34.4 Å². The molecular weight excluding hydrogens is 384 g/mol. The lowest BCUT2D eigenvalue weighted by Gasteiger charge is -2.02. The molecule has 0 aliphatic heterocycles. The number of halogens is 1. The van der Waals surface area contributed by atoms with Crippen LogP contribution in [0, 0.1) is 6.92 Å². The molecule has 0 bridgehead atoms. The molecule has 0 aliphatic rings. The predicted octanol–water partition coefficient (Wildman–Crippen LogP) is 5.34. The summed E-state index contributed by atoms with van der Waals surface area (Å²) in [5, 5.41) is 0.735. The van der Waals surface area contributed by atoms with Crippen LogP contribution in [0.25, 0.3) is 10.2 Å². The molecule has 136 valence electrons. The van der Waals surface area contributed by atoms with Crippen molar-refractivity contribution in [3.63, 3.8) is 0 Å². The van der Waals surface area contributed by atoms with Crippen molar-refractivity contribution in [3.05, 3.63) is 63.4 Å². The Morgan fingerprint density at radius 3 is 2.77 bits per heavy atom. The van der Waals surface area contributed by atoms with Crippen LogP contribution in [0.4, 0.5) is 0 Å². The van der Waals surface area contributed by atoms with Crippen LogP contribution >= 0.6 is 34.7 Å². The number of aromatic nitrogens is 1. The molecule has 0 N–H and O–H groups in total. The lowest BCUT2D eigenvalue weighted by Crippen LogP contribution is -2.13. The van der Waals surface area contributed by atoms with Gasteiger partial charge in [-0.3, -0.25) is 4.79 Å². The van der Waals surface area contributed by atoms with E-state index in [4.69, 9.17) is 11.6 Å². The maximum atomic E-state index is 12.2. The Morgan fingerprint density at radius 2 is 2.00 bits per heavy atom. The minimum absolute atomic E-state index is 0.0591. The molecule has 1 heterocycles. The van der Waals surface area contributed by atoms with Crippen molar-refractivity contribution in [2.24, 2.45) is 12.0 Å². The highest BCUT2D eigenvalue weighted by atomic mass is 35.5. The second kappa shape index (κ2) is 8.89. The first kappa shape index (κ1) is 19.2. The summed E-state index contributed by atoms with van der Waals surface area (Å²) in [6, 6.07) is 14.3. The summed E-state index contributed by atoms with van der Waals surface area (Å²) in [4.78, 5) is 17.3. The van der Waals surface area contributed by atoms with Gasteiger partial charge in [0.15, 0.2) is 4.80 Å². The summed E-state index contributed by atoms with van der Waals surface area (Å²) in [6.07, 6.45) is 1.33. The van der Waals surface area contributed by atoms with Crippen molar-refractivity contribution < 1.29 is 4.79 Å². The normalized spacial score (nSPS) is 12.0. The van der Waals surface area contributed by atoms with Crippen LogP contribution in [0.5, 0.6) is 0 Å². The molecule has 0 aliphatic carbocycles. The summed E-state index contributed by atoms with van der Waals surface area (Å²) in [7, 11) is 1.93. The van der Waals surface area contributed by atoms with Crippen LogP contribution in [0.15, 0.2) is 47.5 Å². The molecule has 0 atom stereocenters. The molecule has 1 amide bonds. The van der Waals surface area contributed by atoms with Crippen LogP contribution < -0.4 is 4.80 Å². The molecule has 0 saturated heterocycles. The zero-order chi connectivity index (χ0) is 18.5. The third-order valence-corrected chi connectivity index (χ3v) is 6.78. The van der Waals surface area contributed by atoms with Crippen LogP contribution in [-0.2, 0) is 17.6 Å². The fourth-order valence-electron chi connectivity index (χ4n) is 2.76. The van der Waals surface area contributed by atoms with E-state index in [1.54, 1.807) is 0 Å². The number of fused-ring (bicyclic) bond motifs is 1. The number of hydrogen-bond acceptors (Lipinski definition) is 3. The molecule has 2 aromatic carbocycles. The van der Waals surface area contributed by atoms with Crippen molar-refractivity contribution in [3.8, 4) is 0 Å². The summed E-state index contributed by atoms with van der Waals surface area (Å²) < 4.78 is 3.06. The zero-order valence-electron chi connectivity index (χ0n) is 14.9. The minimum atomic E-state index is -0.0591. The van der Waals surface area contributed by atoms with Crippen LogP contribution in [0.3, 0.4) is 0 Å². The van der Waals surface area contributed by atoms with Crippen molar-refractivity contribution >= 4 is 50.8 Å². The Labute approximate surface area is 166 Å². The first-order valence-electron chi connectivity index (χ1n) is 8.50. The van der Waals surface area contributed by atoms with Gasteiger partial charge in [0.05, 0.1) is 10.2 Å². The number of thioether (sulfide) groups is 1. The van der Waals surface area contributed by atoms with Gasteiger partial charge < -0.3 is 4.57 Å². The maximum Gasteiger partial charge on any atom is 0.248 e. The molecular formula is C20H21ClN2OS2. The van der Waals surface area contributed by atoms with Crippen LogP contribution in [0.2, 0.25) is 5.02 Å². The Bertz CT molecular complexity index is 977. The smallest absolute Gasteiger partial charge is 0.248 e. The second-order valence-electron chi connectivity index (χ2n) is 6.11. The number of aryl methyl sites for hydroxylation is 2. The summed E-state index contributed by atoms with van der Waals surface area (Å²) in [5.41, 5.74) is 3.39. The maximum absolute atomic E-state index is 12.2. The van der Waals surface area contributed by atoms with Crippen LogP contribution in [0.1, 0.15) is 24.0 Å². The number of carbonyl (C=O) groups excluding carboxylic acids is 1. The lowest BCUT2D eigenvalue weighted by molar-refractivity contribution is -0.118. The molecule has 26 heavy (non-hydrogen) atoms. The number of rotatable bonds is 6. The Balaban J connectivity index is 1.58. The van der Waals surface area contributed by atoms with E-state index in [1.807, 2.05) is 48.5 Å². The summed E-state index contributed by atoms with van der Waals surface area (Å²) in [6.45, 7) is 1.99. The Morgan fingerprint density at radius 1 is 1.23 bits per heavy atom. The monoisotopic (exact) mass is 404 g/mol. The SMILES string of the molecule is Cc1c(Cl)ccc2sc(=NC(=O)CCCSCc3ccccc3)n(C)c12. The van der Waals surface area contributed by atoms with E-state index in [1.165, 1.54) is 16.9 Å². The third-order valence-electron chi connectivity index (χ3n) is 4.16. The summed E-state index contributed by atoms with van der Waals surface area (Å²) >= 11 is 9.59. The number of nitrogens with zero attached hydrogens (tertiary/aromatic N) is 2. The van der Waals surface area contributed by atoms with Gasteiger partial charge in [-0.25, -0.2) is 0 Å². The van der Waals surface area contributed by atoms with Crippen LogP contribution in [-0.4, -0.2) is 16.2 Å². The van der Waals surface area contributed by atoms with Crippen molar-refractivity contribution in [2.75, 3.05) is 5.75 Å². The molecule has 3 aromatic rings. The Kier molecular flexibility index (Phi) is 6.57. The predicted molar refractivity (Wildman–Crippen MR) is 113 cm³/mol. The first-order chi connectivity index (χ1) is 12.6. The van der Waals surface area contributed by atoms with E-state index in [0.717, 1.165) is 43.5 Å². The van der Waals surface area contributed by atoms with E-state index in [2.05, 4.69) is 29.3 Å². The molecule has 0 radical (unpaired) electrons. The molecule has 0 unspecified atom stereocenters. The lowest BCUT2D eigenvalue weighted by atomic mass is 10.2. The molecule has 3 nitrogen and oxygen atoms in total. The highest BCUT2D eigenvalue weighted by Crippen LogP contribution is 2.26. The fraction of sp³-hybridized carbons (Fsp3) is 0.300. The fourth-order valence-corrected chi connectivity index (χ4v) is 4.93. The molecule has 0 fully saturated rings. The van der Waals surface area contributed by atoms with Gasteiger partial charge in [-0.1, -0.05) is 53.3 Å². The number of amides is 1. The van der Waals surface area contributed by atoms with E-state index < -0.39 is 0 Å². The highest BCUT2D eigenvalue weighted by Gasteiger charge is 2.09. The number of carbonyl (C=O) groups is 1. The average Bonchev–Trinajstić information content (AvgIpc) is 2.95. The van der Waals surface area contributed by atoms with E-state index in [-0.39, 0.29) is 5.91 Å². The zero-order valence-corrected chi connectivity index (χ0v) is 17.3. The van der Waals surface area contributed by atoms with Gasteiger partial charge in [0.25, 0.3) is 0 Å². The third kappa shape index (κ3) is 4.58. The van der Waals surface area contributed by atoms with Crippen molar-refractivity contribution in [1.82, 2.24) is 4.57 Å². The first-order valence-corrected chi connectivity index (χ1v) is 10.8. The standard InChI is InChI=1S/C20H21ClN2OS2/c1-14-16(21)10-11-17-19(14)23(2)20(26-17)22-18(24)9-6-12-25-13-15-7-4-3-5-8-15/h3-5,7-8,10-11H,6,9,12-13H2,1-2H3. The van der Waals surface area contributed by atoms with E-state index >= 15 is 0 Å². The molecule has 0 saturated carbocycles. The molecule has 3 rings (SSSR count). The van der Waals surface area contributed by atoms with Gasteiger partial charge >= 0.3 is 0 Å². The van der Waals surface area contributed by atoms with Gasteiger partial charge in [-0.05, 0) is 42.4 Å². The van der Waals surface area contributed by atoms with Gasteiger partial charge in [0.1, 0.15) is 0 Å². The second-order valence-corrected chi connectivity index (χ2v) is 8.63. The molecule has 0 spiro atoms. The Hall–Kier alpha value is -1.56. The van der Waals surface area contributed by atoms with Gasteiger partial charge in [0, 0.05) is 24.2 Å². The molecule has 6 heteroatoms. The average molecular weight is 405 g/mol. The highest BCUT2D eigenvalue weighted by molar-refractivity contribution is 7.98. The minimum Gasteiger partial charge on any atom is -0.319 e. The summed E-state index contributed by atoms with van der Waals surface area (Å²) in [5.74, 6) is 1.89. The van der Waals surface area contributed by atoms with Gasteiger partial charge in [0.2, 0.25) is 5.91 Å². The quantitative estimate of drug-likeness (QED) is 0.519. The number of hydrogen-bond donors (Lipinski definition) is 0. The largest absolute Gasteiger partial charge is 0.319 e. The van der Waals surface area contributed by atoms with E-state index in [9.17, 15) is 4.79 Å². The number of thiazole rings is 1. The van der Waals surface area contributed by atoms with Gasteiger partial charge in [-0.2, -0.15) is 16.8 Å². The van der Waals surface area contributed by atoms with E-state index in [0.29, 0.717) is 6.42 Å². The van der Waals surface area contributed by atoms with Crippen molar-refractivity contribution in [1.29, 1.82) is 0 Å².